The van der Waals surface area contributed by atoms with E-state index in [0.717, 1.165) is 6.42 Å². The summed E-state index contributed by atoms with van der Waals surface area (Å²) in [6.45, 7) is 2.70. The first-order valence-electron chi connectivity index (χ1n) is 4.35. The highest BCUT2D eigenvalue weighted by Gasteiger charge is 2.27. The summed E-state index contributed by atoms with van der Waals surface area (Å²) < 4.78 is 40.1. The van der Waals surface area contributed by atoms with E-state index < -0.39 is 18.6 Å². The zero-order valence-electron chi connectivity index (χ0n) is 7.73. The van der Waals surface area contributed by atoms with Crippen LogP contribution in [0.2, 0.25) is 0 Å². The van der Waals surface area contributed by atoms with E-state index in [1.807, 2.05) is 6.92 Å². The standard InChI is InChI=1S/C8H16F3NO/c1-2-5-13-6-7(12)3-4-8(9,10)11/h7H,2-6,12H2,1H3. The molecule has 0 aliphatic carbocycles. The number of hydrogen-bond acceptors (Lipinski definition) is 2. The van der Waals surface area contributed by atoms with Crippen molar-refractivity contribution in [1.82, 2.24) is 0 Å². The van der Waals surface area contributed by atoms with Gasteiger partial charge >= 0.3 is 6.18 Å². The Balaban J connectivity index is 3.35. The fraction of sp³-hybridized carbons (Fsp3) is 1.00. The second kappa shape index (κ2) is 6.21. The maximum atomic E-state index is 11.7. The highest BCUT2D eigenvalue weighted by molar-refractivity contribution is 4.63. The largest absolute Gasteiger partial charge is 0.389 e. The molecule has 0 aromatic carbocycles. The molecule has 5 heteroatoms. The van der Waals surface area contributed by atoms with Gasteiger partial charge in [-0.25, -0.2) is 0 Å². The molecule has 13 heavy (non-hydrogen) atoms. The van der Waals surface area contributed by atoms with Crippen molar-refractivity contribution in [2.45, 2.75) is 38.4 Å². The van der Waals surface area contributed by atoms with Crippen LogP contribution in [-0.4, -0.2) is 25.4 Å². The Bertz CT molecular complexity index is 127. The zero-order valence-corrected chi connectivity index (χ0v) is 7.73. The van der Waals surface area contributed by atoms with E-state index in [2.05, 4.69) is 0 Å². The van der Waals surface area contributed by atoms with E-state index in [9.17, 15) is 13.2 Å². The monoisotopic (exact) mass is 199 g/mol. The Morgan fingerprint density at radius 1 is 1.38 bits per heavy atom. The van der Waals surface area contributed by atoms with E-state index in [4.69, 9.17) is 10.5 Å². The Hall–Kier alpha value is -0.290. The van der Waals surface area contributed by atoms with Crippen molar-refractivity contribution in [2.75, 3.05) is 13.2 Å². The molecule has 0 radical (unpaired) electrons. The van der Waals surface area contributed by atoms with Crippen molar-refractivity contribution in [2.24, 2.45) is 5.73 Å². The SMILES string of the molecule is CCCOCC(N)CCC(F)(F)F. The average Bonchev–Trinajstić information content (AvgIpc) is 2.00. The first kappa shape index (κ1) is 12.7. The van der Waals surface area contributed by atoms with Crippen molar-refractivity contribution in [3.05, 3.63) is 0 Å². The molecule has 2 N–H and O–H groups in total. The molecular weight excluding hydrogens is 183 g/mol. The van der Waals surface area contributed by atoms with Crippen LogP contribution in [0.15, 0.2) is 0 Å². The van der Waals surface area contributed by atoms with Gasteiger partial charge in [-0.15, -0.1) is 0 Å². The van der Waals surface area contributed by atoms with Crippen LogP contribution in [0, 0.1) is 0 Å². The quantitative estimate of drug-likeness (QED) is 0.665. The van der Waals surface area contributed by atoms with Crippen molar-refractivity contribution in [3.63, 3.8) is 0 Å². The van der Waals surface area contributed by atoms with Gasteiger partial charge in [-0.3, -0.25) is 0 Å². The lowest BCUT2D eigenvalue weighted by Crippen LogP contribution is -2.28. The van der Waals surface area contributed by atoms with E-state index >= 15 is 0 Å². The molecular formula is C8H16F3NO. The molecule has 1 atom stereocenters. The topological polar surface area (TPSA) is 35.2 Å². The van der Waals surface area contributed by atoms with Gasteiger partial charge in [0, 0.05) is 19.1 Å². The minimum absolute atomic E-state index is 0.0623. The lowest BCUT2D eigenvalue weighted by atomic mass is 10.2. The molecule has 0 aromatic heterocycles. The average molecular weight is 199 g/mol. The summed E-state index contributed by atoms with van der Waals surface area (Å²) in [5.41, 5.74) is 5.40. The second-order valence-electron chi connectivity index (χ2n) is 2.99. The van der Waals surface area contributed by atoms with Gasteiger partial charge in [0.05, 0.1) is 6.61 Å². The molecule has 1 unspecified atom stereocenters. The summed E-state index contributed by atoms with van der Waals surface area (Å²) in [6, 6.07) is -0.506. The molecule has 0 saturated heterocycles. The summed E-state index contributed by atoms with van der Waals surface area (Å²) in [7, 11) is 0. The summed E-state index contributed by atoms with van der Waals surface area (Å²) in [5.74, 6) is 0. The predicted molar refractivity (Wildman–Crippen MR) is 44.4 cm³/mol. The molecule has 0 bridgehead atoms. The maximum Gasteiger partial charge on any atom is 0.389 e. The fourth-order valence-corrected chi connectivity index (χ4v) is 0.811. The summed E-state index contributed by atoms with van der Waals surface area (Å²) in [4.78, 5) is 0. The lowest BCUT2D eigenvalue weighted by molar-refractivity contribution is -0.136. The first-order valence-corrected chi connectivity index (χ1v) is 4.35. The molecule has 0 heterocycles. The van der Waals surface area contributed by atoms with Gasteiger partial charge in [0.1, 0.15) is 0 Å². The summed E-state index contributed by atoms with van der Waals surface area (Å²) in [6.07, 6.45) is -4.15. The van der Waals surface area contributed by atoms with Crippen LogP contribution in [0.5, 0.6) is 0 Å². The minimum Gasteiger partial charge on any atom is -0.380 e. The first-order chi connectivity index (χ1) is 5.95. The van der Waals surface area contributed by atoms with Crippen molar-refractivity contribution in [3.8, 4) is 0 Å². The van der Waals surface area contributed by atoms with Crippen molar-refractivity contribution < 1.29 is 17.9 Å². The molecule has 0 saturated carbocycles. The highest BCUT2D eigenvalue weighted by Crippen LogP contribution is 2.21. The van der Waals surface area contributed by atoms with Crippen LogP contribution in [0.4, 0.5) is 13.2 Å². The van der Waals surface area contributed by atoms with Gasteiger partial charge in [0.2, 0.25) is 0 Å². The van der Waals surface area contributed by atoms with E-state index in [0.29, 0.717) is 6.61 Å². The van der Waals surface area contributed by atoms with Crippen molar-refractivity contribution >= 4 is 0 Å². The van der Waals surface area contributed by atoms with Crippen LogP contribution < -0.4 is 5.73 Å². The van der Waals surface area contributed by atoms with Gasteiger partial charge < -0.3 is 10.5 Å². The summed E-state index contributed by atoms with van der Waals surface area (Å²) >= 11 is 0. The van der Waals surface area contributed by atoms with Gasteiger partial charge in [-0.05, 0) is 12.8 Å². The Morgan fingerprint density at radius 2 is 2.00 bits per heavy atom. The minimum atomic E-state index is -4.11. The molecule has 2 nitrogen and oxygen atoms in total. The molecule has 0 spiro atoms. The number of alkyl halides is 3. The Morgan fingerprint density at radius 3 is 2.46 bits per heavy atom. The van der Waals surface area contributed by atoms with Gasteiger partial charge in [0.15, 0.2) is 0 Å². The Labute approximate surface area is 76.2 Å². The zero-order chi connectivity index (χ0) is 10.3. The fourth-order valence-electron chi connectivity index (χ4n) is 0.811. The van der Waals surface area contributed by atoms with Gasteiger partial charge in [-0.1, -0.05) is 6.92 Å². The van der Waals surface area contributed by atoms with Crippen LogP contribution in [0.25, 0.3) is 0 Å². The number of ether oxygens (including phenoxy) is 1. The Kier molecular flexibility index (Phi) is 6.07. The van der Waals surface area contributed by atoms with Crippen LogP contribution >= 0.6 is 0 Å². The van der Waals surface area contributed by atoms with Gasteiger partial charge in [0.25, 0.3) is 0 Å². The molecule has 0 aromatic rings. The van der Waals surface area contributed by atoms with Crippen molar-refractivity contribution in [1.29, 1.82) is 0 Å². The highest BCUT2D eigenvalue weighted by atomic mass is 19.4. The normalized spacial score (nSPS) is 14.5. The molecule has 0 amide bonds. The molecule has 0 fully saturated rings. The molecule has 0 rings (SSSR count). The predicted octanol–water partition coefficient (Wildman–Crippen LogP) is 2.08. The third-order valence-corrected chi connectivity index (χ3v) is 1.48. The van der Waals surface area contributed by atoms with E-state index in [1.54, 1.807) is 0 Å². The molecule has 0 aliphatic heterocycles. The third kappa shape index (κ3) is 9.63. The van der Waals surface area contributed by atoms with E-state index in [1.165, 1.54) is 0 Å². The molecule has 0 aliphatic rings. The number of halogens is 3. The van der Waals surface area contributed by atoms with Crippen LogP contribution in [0.3, 0.4) is 0 Å². The number of nitrogens with two attached hydrogens (primary N) is 1. The van der Waals surface area contributed by atoms with Gasteiger partial charge in [-0.2, -0.15) is 13.2 Å². The second-order valence-corrected chi connectivity index (χ2v) is 2.99. The third-order valence-electron chi connectivity index (χ3n) is 1.48. The number of hydrogen-bond donors (Lipinski definition) is 1. The van der Waals surface area contributed by atoms with E-state index in [-0.39, 0.29) is 13.0 Å². The summed E-state index contributed by atoms with van der Waals surface area (Å²) in [5, 5.41) is 0. The lowest BCUT2D eigenvalue weighted by Gasteiger charge is -2.12. The smallest absolute Gasteiger partial charge is 0.380 e. The van der Waals surface area contributed by atoms with Crippen LogP contribution in [0.1, 0.15) is 26.2 Å². The van der Waals surface area contributed by atoms with Crippen LogP contribution in [-0.2, 0) is 4.74 Å². The molecule has 80 valence electrons. The number of rotatable bonds is 6. The maximum absolute atomic E-state index is 11.7.